The number of benzene rings is 1. The highest BCUT2D eigenvalue weighted by molar-refractivity contribution is 5.53. The van der Waals surface area contributed by atoms with Crippen molar-refractivity contribution in [3.63, 3.8) is 0 Å². The molecule has 1 unspecified atom stereocenters. The molecule has 3 rings (SSSR count). The number of hydrogen-bond acceptors (Lipinski definition) is 3. The van der Waals surface area contributed by atoms with Crippen LogP contribution in [0.4, 0.5) is 5.69 Å². The molecule has 3 nitrogen and oxygen atoms in total. The first-order chi connectivity index (χ1) is 9.58. The summed E-state index contributed by atoms with van der Waals surface area (Å²) in [6.45, 7) is 4.71. The molecule has 0 aromatic heterocycles. The van der Waals surface area contributed by atoms with E-state index in [4.69, 9.17) is 15.2 Å². The fourth-order valence-corrected chi connectivity index (χ4v) is 3.55. The van der Waals surface area contributed by atoms with Gasteiger partial charge in [0.05, 0.1) is 11.7 Å². The summed E-state index contributed by atoms with van der Waals surface area (Å²) in [4.78, 5) is 0. The molecule has 1 spiro atoms. The molecule has 3 heteroatoms. The van der Waals surface area contributed by atoms with Gasteiger partial charge in [-0.2, -0.15) is 0 Å². The molecule has 1 atom stereocenters. The Morgan fingerprint density at radius 2 is 1.95 bits per heavy atom. The van der Waals surface area contributed by atoms with Gasteiger partial charge in [-0.05, 0) is 62.8 Å². The molecule has 1 aromatic rings. The summed E-state index contributed by atoms with van der Waals surface area (Å²) in [7, 11) is 0. The fourth-order valence-electron chi connectivity index (χ4n) is 3.55. The Balaban J connectivity index is 1.59. The first kappa shape index (κ1) is 13.7. The minimum Gasteiger partial charge on any atom is -0.491 e. The Morgan fingerprint density at radius 3 is 2.70 bits per heavy atom. The average molecular weight is 275 g/mol. The van der Waals surface area contributed by atoms with Gasteiger partial charge in [0.1, 0.15) is 12.4 Å². The van der Waals surface area contributed by atoms with Crippen molar-refractivity contribution in [1.29, 1.82) is 0 Å². The van der Waals surface area contributed by atoms with Crippen LogP contribution in [0.25, 0.3) is 0 Å². The zero-order chi connectivity index (χ0) is 14.2. The van der Waals surface area contributed by atoms with Gasteiger partial charge in [-0.15, -0.1) is 0 Å². The first-order valence-corrected chi connectivity index (χ1v) is 7.75. The van der Waals surface area contributed by atoms with Crippen molar-refractivity contribution in [2.75, 3.05) is 12.3 Å². The summed E-state index contributed by atoms with van der Waals surface area (Å²) < 4.78 is 12.3. The second-order valence-corrected chi connectivity index (χ2v) is 6.45. The highest BCUT2D eigenvalue weighted by Gasteiger charge is 2.42. The van der Waals surface area contributed by atoms with Crippen molar-refractivity contribution in [3.8, 4) is 5.75 Å². The van der Waals surface area contributed by atoms with Gasteiger partial charge in [0.2, 0.25) is 0 Å². The Hall–Kier alpha value is -1.22. The van der Waals surface area contributed by atoms with E-state index in [0.717, 1.165) is 29.0 Å². The molecular weight excluding hydrogens is 250 g/mol. The molecule has 20 heavy (non-hydrogen) atoms. The van der Waals surface area contributed by atoms with Gasteiger partial charge in [0.15, 0.2) is 0 Å². The van der Waals surface area contributed by atoms with E-state index >= 15 is 0 Å². The summed E-state index contributed by atoms with van der Waals surface area (Å²) in [6, 6.07) is 4.02. The van der Waals surface area contributed by atoms with Crippen LogP contribution >= 0.6 is 0 Å². The largest absolute Gasteiger partial charge is 0.491 e. The molecule has 1 aliphatic heterocycles. The summed E-state index contributed by atoms with van der Waals surface area (Å²) >= 11 is 0. The Morgan fingerprint density at radius 1 is 1.20 bits per heavy atom. The topological polar surface area (TPSA) is 44.5 Å². The van der Waals surface area contributed by atoms with E-state index < -0.39 is 0 Å². The highest BCUT2D eigenvalue weighted by Crippen LogP contribution is 2.43. The van der Waals surface area contributed by atoms with E-state index in [0.29, 0.717) is 6.61 Å². The summed E-state index contributed by atoms with van der Waals surface area (Å²) in [5.41, 5.74) is 9.10. The van der Waals surface area contributed by atoms with E-state index in [2.05, 4.69) is 0 Å². The van der Waals surface area contributed by atoms with Crippen LogP contribution in [-0.4, -0.2) is 18.3 Å². The second kappa shape index (κ2) is 5.28. The van der Waals surface area contributed by atoms with E-state index in [1.807, 2.05) is 26.0 Å². The van der Waals surface area contributed by atoms with Crippen molar-refractivity contribution < 1.29 is 9.47 Å². The third kappa shape index (κ3) is 2.64. The van der Waals surface area contributed by atoms with Crippen molar-refractivity contribution in [2.24, 2.45) is 0 Å². The monoisotopic (exact) mass is 275 g/mol. The van der Waals surface area contributed by atoms with Crippen LogP contribution in [-0.2, 0) is 4.74 Å². The highest BCUT2D eigenvalue weighted by atomic mass is 16.6. The van der Waals surface area contributed by atoms with E-state index in [1.165, 1.54) is 32.1 Å². The number of rotatable bonds is 3. The van der Waals surface area contributed by atoms with E-state index in [-0.39, 0.29) is 11.7 Å². The van der Waals surface area contributed by atoms with E-state index in [1.54, 1.807) is 0 Å². The Kier molecular flexibility index (Phi) is 3.63. The standard InChI is InChI=1S/C17H25NO2/c1-12-10-16(13(2)9-15(12)18)19-11-14-5-8-17(20-14)6-3-4-7-17/h9-10,14H,3-8,11,18H2,1-2H3. The lowest BCUT2D eigenvalue weighted by molar-refractivity contribution is -0.0509. The number of anilines is 1. The van der Waals surface area contributed by atoms with Crippen LogP contribution in [0.3, 0.4) is 0 Å². The first-order valence-electron chi connectivity index (χ1n) is 7.75. The van der Waals surface area contributed by atoms with Crippen LogP contribution in [0, 0.1) is 13.8 Å². The molecule has 1 saturated heterocycles. The van der Waals surface area contributed by atoms with Gasteiger partial charge in [0, 0.05) is 5.69 Å². The minimum absolute atomic E-state index is 0.195. The van der Waals surface area contributed by atoms with Gasteiger partial charge in [-0.25, -0.2) is 0 Å². The van der Waals surface area contributed by atoms with E-state index in [9.17, 15) is 0 Å². The van der Waals surface area contributed by atoms with Crippen LogP contribution in [0.2, 0.25) is 0 Å². The van der Waals surface area contributed by atoms with Gasteiger partial charge in [-0.1, -0.05) is 12.8 Å². The maximum absolute atomic E-state index is 6.28. The van der Waals surface area contributed by atoms with Crippen molar-refractivity contribution in [3.05, 3.63) is 23.3 Å². The van der Waals surface area contributed by atoms with Crippen LogP contribution in [0.5, 0.6) is 5.75 Å². The number of nitrogen functional groups attached to an aromatic ring is 1. The molecule has 1 aromatic carbocycles. The molecule has 110 valence electrons. The van der Waals surface area contributed by atoms with Crippen LogP contribution in [0.1, 0.15) is 49.7 Å². The third-order valence-corrected chi connectivity index (χ3v) is 4.84. The minimum atomic E-state index is 0.195. The lowest BCUT2D eigenvalue weighted by Crippen LogP contribution is -2.27. The summed E-state index contributed by atoms with van der Waals surface area (Å²) in [5, 5.41) is 0. The normalized spacial score (nSPS) is 24.4. The molecule has 1 heterocycles. The molecule has 2 fully saturated rings. The molecule has 0 radical (unpaired) electrons. The average Bonchev–Trinajstić information content (AvgIpc) is 3.03. The molecule has 1 saturated carbocycles. The maximum Gasteiger partial charge on any atom is 0.122 e. The molecule has 2 aliphatic rings. The summed E-state index contributed by atoms with van der Waals surface area (Å²) in [5.74, 6) is 0.938. The molecule has 0 bridgehead atoms. The van der Waals surface area contributed by atoms with Gasteiger partial charge in [-0.3, -0.25) is 0 Å². The fraction of sp³-hybridized carbons (Fsp3) is 0.647. The number of aryl methyl sites for hydroxylation is 2. The zero-order valence-electron chi connectivity index (χ0n) is 12.6. The quantitative estimate of drug-likeness (QED) is 0.854. The number of ether oxygens (including phenoxy) is 2. The zero-order valence-corrected chi connectivity index (χ0v) is 12.6. The lowest BCUT2D eigenvalue weighted by Gasteiger charge is -2.24. The molecule has 1 aliphatic carbocycles. The SMILES string of the molecule is Cc1cc(OCC2CCC3(CCCC3)O2)c(C)cc1N. The summed E-state index contributed by atoms with van der Waals surface area (Å²) in [6.07, 6.45) is 7.72. The smallest absolute Gasteiger partial charge is 0.122 e. The number of hydrogen-bond donors (Lipinski definition) is 1. The van der Waals surface area contributed by atoms with Gasteiger partial charge >= 0.3 is 0 Å². The predicted octanol–water partition coefficient (Wildman–Crippen LogP) is 3.76. The van der Waals surface area contributed by atoms with Crippen LogP contribution in [0.15, 0.2) is 12.1 Å². The van der Waals surface area contributed by atoms with Gasteiger partial charge < -0.3 is 15.2 Å². The third-order valence-electron chi connectivity index (χ3n) is 4.84. The molecule has 2 N–H and O–H groups in total. The molecule has 0 amide bonds. The number of nitrogens with two attached hydrogens (primary N) is 1. The second-order valence-electron chi connectivity index (χ2n) is 6.45. The molecular formula is C17H25NO2. The van der Waals surface area contributed by atoms with Crippen molar-refractivity contribution in [2.45, 2.75) is 64.1 Å². The Labute approximate surface area is 121 Å². The Bertz CT molecular complexity index is 492. The van der Waals surface area contributed by atoms with Gasteiger partial charge in [0.25, 0.3) is 0 Å². The van der Waals surface area contributed by atoms with Crippen molar-refractivity contribution >= 4 is 5.69 Å². The lowest BCUT2D eigenvalue weighted by atomic mass is 9.98. The maximum atomic E-state index is 6.28. The predicted molar refractivity (Wildman–Crippen MR) is 81.1 cm³/mol. The van der Waals surface area contributed by atoms with Crippen molar-refractivity contribution in [1.82, 2.24) is 0 Å². The van der Waals surface area contributed by atoms with Crippen LogP contribution < -0.4 is 10.5 Å².